The number of benzene rings is 1. The molecule has 110 valence electrons. The van der Waals surface area contributed by atoms with Crippen molar-refractivity contribution in [3.8, 4) is 0 Å². The normalized spacial score (nSPS) is 22.7. The Balaban J connectivity index is 2.06. The standard InChI is InChI=1S/C14H19FN2O2S/c1-20-14-5-3-2-4-12(14)16-9-10-8-11(15)6-7-13(10)17(18)19/h6-8,12,14,16H,2-5,9H2,1H3. The second-order valence-electron chi connectivity index (χ2n) is 5.08. The molecule has 1 fully saturated rings. The predicted molar refractivity (Wildman–Crippen MR) is 79.5 cm³/mol. The Morgan fingerprint density at radius 2 is 2.20 bits per heavy atom. The number of rotatable bonds is 5. The maximum absolute atomic E-state index is 13.3. The van der Waals surface area contributed by atoms with Gasteiger partial charge in [0.15, 0.2) is 0 Å². The topological polar surface area (TPSA) is 55.2 Å². The summed E-state index contributed by atoms with van der Waals surface area (Å²) in [5.74, 6) is -0.433. The van der Waals surface area contributed by atoms with Crippen molar-refractivity contribution in [3.63, 3.8) is 0 Å². The number of nitro groups is 1. The lowest BCUT2D eigenvalue weighted by atomic mass is 9.94. The minimum Gasteiger partial charge on any atom is -0.309 e. The van der Waals surface area contributed by atoms with Crippen molar-refractivity contribution in [2.45, 2.75) is 43.5 Å². The first-order valence-electron chi connectivity index (χ1n) is 6.81. The molecule has 2 rings (SSSR count). The van der Waals surface area contributed by atoms with Gasteiger partial charge in [-0.2, -0.15) is 11.8 Å². The third-order valence-corrected chi connectivity index (χ3v) is 4.97. The Morgan fingerprint density at radius 3 is 2.90 bits per heavy atom. The molecular formula is C14H19FN2O2S. The Bertz CT molecular complexity index is 484. The molecule has 1 N–H and O–H groups in total. The molecule has 1 aromatic rings. The van der Waals surface area contributed by atoms with Crippen LogP contribution in [0.1, 0.15) is 31.2 Å². The van der Waals surface area contributed by atoms with Crippen molar-refractivity contribution in [2.75, 3.05) is 6.26 Å². The van der Waals surface area contributed by atoms with Gasteiger partial charge in [-0.15, -0.1) is 0 Å². The molecule has 0 bridgehead atoms. The van der Waals surface area contributed by atoms with E-state index in [0.717, 1.165) is 12.5 Å². The molecule has 20 heavy (non-hydrogen) atoms. The van der Waals surface area contributed by atoms with Crippen LogP contribution in [0.4, 0.5) is 10.1 Å². The molecule has 0 aromatic heterocycles. The molecule has 0 heterocycles. The average molecular weight is 298 g/mol. The molecule has 0 radical (unpaired) electrons. The van der Waals surface area contributed by atoms with Crippen LogP contribution in [0.3, 0.4) is 0 Å². The SMILES string of the molecule is CSC1CCCCC1NCc1cc(F)ccc1[N+](=O)[O-]. The molecule has 1 saturated carbocycles. The van der Waals surface area contributed by atoms with Gasteiger partial charge in [-0.1, -0.05) is 12.8 Å². The van der Waals surface area contributed by atoms with E-state index in [1.165, 1.54) is 31.4 Å². The Morgan fingerprint density at radius 1 is 1.45 bits per heavy atom. The minimum atomic E-state index is -0.455. The van der Waals surface area contributed by atoms with Crippen LogP contribution in [-0.2, 0) is 6.54 Å². The zero-order valence-electron chi connectivity index (χ0n) is 11.5. The molecule has 1 aliphatic rings. The van der Waals surface area contributed by atoms with E-state index in [9.17, 15) is 14.5 Å². The highest BCUT2D eigenvalue weighted by Crippen LogP contribution is 2.28. The first-order chi connectivity index (χ1) is 9.61. The van der Waals surface area contributed by atoms with Crippen molar-refractivity contribution >= 4 is 17.4 Å². The highest BCUT2D eigenvalue weighted by molar-refractivity contribution is 7.99. The van der Waals surface area contributed by atoms with Gasteiger partial charge in [0.2, 0.25) is 0 Å². The molecule has 0 aliphatic heterocycles. The Labute approximate surface area is 122 Å². The fourth-order valence-electron chi connectivity index (χ4n) is 2.73. The summed E-state index contributed by atoms with van der Waals surface area (Å²) >= 11 is 1.83. The predicted octanol–water partition coefficient (Wildman–Crippen LogP) is 3.50. The molecule has 2 unspecified atom stereocenters. The summed E-state index contributed by atoms with van der Waals surface area (Å²) in [6, 6.07) is 3.97. The first kappa shape index (κ1) is 15.3. The van der Waals surface area contributed by atoms with Crippen LogP contribution in [0.25, 0.3) is 0 Å². The second-order valence-corrected chi connectivity index (χ2v) is 6.15. The van der Waals surface area contributed by atoms with E-state index >= 15 is 0 Å². The molecular weight excluding hydrogens is 279 g/mol. The van der Waals surface area contributed by atoms with Gasteiger partial charge in [-0.05, 0) is 31.2 Å². The number of nitrogens with one attached hydrogen (secondary N) is 1. The highest BCUT2D eigenvalue weighted by Gasteiger charge is 2.24. The second kappa shape index (κ2) is 7.04. The number of halogens is 1. The number of thioether (sulfide) groups is 1. The van der Waals surface area contributed by atoms with Crippen molar-refractivity contribution < 1.29 is 9.31 Å². The van der Waals surface area contributed by atoms with E-state index in [1.54, 1.807) is 0 Å². The molecule has 2 atom stereocenters. The fourth-order valence-corrected chi connectivity index (χ4v) is 3.69. The van der Waals surface area contributed by atoms with Crippen LogP contribution in [0.15, 0.2) is 18.2 Å². The summed E-state index contributed by atoms with van der Waals surface area (Å²) in [4.78, 5) is 10.5. The first-order valence-corrected chi connectivity index (χ1v) is 8.09. The summed E-state index contributed by atoms with van der Waals surface area (Å²) in [6.07, 6.45) is 6.76. The van der Waals surface area contributed by atoms with Gasteiger partial charge in [-0.3, -0.25) is 10.1 Å². The van der Waals surface area contributed by atoms with Gasteiger partial charge >= 0.3 is 0 Å². The lowest BCUT2D eigenvalue weighted by molar-refractivity contribution is -0.385. The number of hydrogen-bond donors (Lipinski definition) is 1. The molecule has 1 aliphatic carbocycles. The monoisotopic (exact) mass is 298 g/mol. The van der Waals surface area contributed by atoms with Crippen LogP contribution in [-0.4, -0.2) is 22.5 Å². The van der Waals surface area contributed by atoms with Gasteiger partial charge in [-0.25, -0.2) is 4.39 Å². The van der Waals surface area contributed by atoms with E-state index < -0.39 is 10.7 Å². The molecule has 0 spiro atoms. The van der Waals surface area contributed by atoms with Crippen molar-refractivity contribution in [3.05, 3.63) is 39.7 Å². The van der Waals surface area contributed by atoms with E-state index in [2.05, 4.69) is 11.6 Å². The highest BCUT2D eigenvalue weighted by atomic mass is 32.2. The van der Waals surface area contributed by atoms with E-state index in [-0.39, 0.29) is 5.69 Å². The third kappa shape index (κ3) is 3.70. The molecule has 1 aromatic carbocycles. The van der Waals surface area contributed by atoms with Crippen LogP contribution >= 0.6 is 11.8 Å². The van der Waals surface area contributed by atoms with Crippen LogP contribution in [0.2, 0.25) is 0 Å². The third-order valence-electron chi connectivity index (χ3n) is 3.80. The Hall–Kier alpha value is -1.14. The van der Waals surface area contributed by atoms with Gasteiger partial charge in [0.05, 0.1) is 4.92 Å². The van der Waals surface area contributed by atoms with Crippen LogP contribution in [0.5, 0.6) is 0 Å². The van der Waals surface area contributed by atoms with Crippen molar-refractivity contribution in [1.29, 1.82) is 0 Å². The van der Waals surface area contributed by atoms with E-state index in [4.69, 9.17) is 0 Å². The van der Waals surface area contributed by atoms with Gasteiger partial charge in [0.1, 0.15) is 5.82 Å². The van der Waals surface area contributed by atoms with Crippen molar-refractivity contribution in [1.82, 2.24) is 5.32 Å². The zero-order chi connectivity index (χ0) is 14.5. The zero-order valence-corrected chi connectivity index (χ0v) is 12.3. The largest absolute Gasteiger partial charge is 0.309 e. The summed E-state index contributed by atoms with van der Waals surface area (Å²) in [7, 11) is 0. The Kier molecular flexibility index (Phi) is 5.37. The van der Waals surface area contributed by atoms with Gasteiger partial charge in [0.25, 0.3) is 5.69 Å². The van der Waals surface area contributed by atoms with E-state index in [1.807, 2.05) is 11.8 Å². The number of hydrogen-bond acceptors (Lipinski definition) is 4. The lowest BCUT2D eigenvalue weighted by Crippen LogP contribution is -2.40. The molecule has 6 heteroatoms. The van der Waals surface area contributed by atoms with Crippen LogP contribution in [0, 0.1) is 15.9 Å². The maximum atomic E-state index is 13.3. The quantitative estimate of drug-likeness (QED) is 0.668. The summed E-state index contributed by atoms with van der Waals surface area (Å²) < 4.78 is 13.3. The summed E-state index contributed by atoms with van der Waals surface area (Å²) in [6.45, 7) is 0.343. The molecule has 0 amide bonds. The minimum absolute atomic E-state index is 0.0181. The van der Waals surface area contributed by atoms with Gasteiger partial charge in [0, 0.05) is 29.5 Å². The summed E-state index contributed by atoms with van der Waals surface area (Å²) in [5, 5.41) is 14.9. The molecule has 0 saturated heterocycles. The average Bonchev–Trinajstić information content (AvgIpc) is 2.45. The fraction of sp³-hybridized carbons (Fsp3) is 0.571. The van der Waals surface area contributed by atoms with Gasteiger partial charge < -0.3 is 5.32 Å². The molecule has 4 nitrogen and oxygen atoms in total. The smallest absolute Gasteiger partial charge is 0.274 e. The van der Waals surface area contributed by atoms with Crippen molar-refractivity contribution in [2.24, 2.45) is 0 Å². The maximum Gasteiger partial charge on any atom is 0.274 e. The summed E-state index contributed by atoms with van der Waals surface area (Å²) in [5.41, 5.74) is 0.399. The van der Waals surface area contributed by atoms with Crippen LogP contribution < -0.4 is 5.32 Å². The lowest BCUT2D eigenvalue weighted by Gasteiger charge is -2.31. The number of nitrogens with zero attached hydrogens (tertiary/aromatic N) is 1. The number of nitro benzene ring substituents is 1. The van der Waals surface area contributed by atoms with E-state index in [0.29, 0.717) is 23.4 Å².